The highest BCUT2D eigenvalue weighted by Crippen LogP contribution is 2.53. The van der Waals surface area contributed by atoms with Gasteiger partial charge in [0.05, 0.1) is 11.2 Å². The van der Waals surface area contributed by atoms with Crippen molar-refractivity contribution in [3.8, 4) is 0 Å². The van der Waals surface area contributed by atoms with Crippen LogP contribution >= 0.6 is 0 Å². The number of hydrogen-bond donors (Lipinski definition) is 2. The van der Waals surface area contributed by atoms with Crippen LogP contribution in [0.4, 0.5) is 0 Å². The Hall–Kier alpha value is -0.130. The molecule has 4 bridgehead atoms. The molecular formula is C14H24N2O2S. The van der Waals surface area contributed by atoms with Crippen molar-refractivity contribution >= 4 is 10.2 Å². The summed E-state index contributed by atoms with van der Waals surface area (Å²) < 4.78 is 28.5. The van der Waals surface area contributed by atoms with Crippen LogP contribution in [0, 0.1) is 21.4 Å². The molecule has 2 N–H and O–H groups in total. The molecule has 4 saturated carbocycles. The third kappa shape index (κ3) is 2.14. The SMILES string of the molecule is N=S(=N)(OC12CCC(CC1)C2)OC12CCC(CC1)C2. The van der Waals surface area contributed by atoms with Crippen LogP contribution < -0.4 is 0 Å². The number of hydrogen-bond acceptors (Lipinski definition) is 4. The van der Waals surface area contributed by atoms with Gasteiger partial charge in [-0.3, -0.25) is 8.37 Å². The first-order valence-electron chi connectivity index (χ1n) is 7.72. The molecular weight excluding hydrogens is 260 g/mol. The van der Waals surface area contributed by atoms with Crippen molar-refractivity contribution in [1.29, 1.82) is 9.56 Å². The Morgan fingerprint density at radius 2 is 1.11 bits per heavy atom. The monoisotopic (exact) mass is 284 g/mol. The molecule has 19 heavy (non-hydrogen) atoms. The first kappa shape index (κ1) is 12.6. The standard InChI is InChI=1S/C14H24N2O2S/c15-19(16,17-13-5-1-11(9-13)2-6-13)18-14-7-3-12(10-14)4-8-14/h11-12,15-16H,1-10H2. The van der Waals surface area contributed by atoms with E-state index in [1.54, 1.807) is 0 Å². The summed E-state index contributed by atoms with van der Waals surface area (Å²) in [5.41, 5.74) is -0.340. The summed E-state index contributed by atoms with van der Waals surface area (Å²) in [6, 6.07) is 0. The Kier molecular flexibility index (Phi) is 2.62. The topological polar surface area (TPSA) is 66.2 Å². The molecule has 4 nitrogen and oxygen atoms in total. The number of nitrogens with one attached hydrogen (secondary N) is 2. The molecule has 0 amide bonds. The zero-order valence-electron chi connectivity index (χ0n) is 11.5. The third-order valence-electron chi connectivity index (χ3n) is 5.94. The molecule has 5 heteroatoms. The molecule has 0 aromatic heterocycles. The second-order valence-corrected chi connectivity index (χ2v) is 8.67. The van der Waals surface area contributed by atoms with Crippen LogP contribution in [0.2, 0.25) is 0 Å². The fourth-order valence-corrected chi connectivity index (χ4v) is 6.52. The van der Waals surface area contributed by atoms with Crippen molar-refractivity contribution in [2.45, 2.75) is 75.4 Å². The minimum Gasteiger partial charge on any atom is -0.273 e. The largest absolute Gasteiger partial charge is 0.273 e. The fraction of sp³-hybridized carbons (Fsp3) is 1.00. The fourth-order valence-electron chi connectivity index (χ4n) is 5.03. The van der Waals surface area contributed by atoms with Gasteiger partial charge in [0.2, 0.25) is 0 Å². The lowest BCUT2D eigenvalue weighted by Crippen LogP contribution is -2.35. The summed E-state index contributed by atoms with van der Waals surface area (Å²) in [5.74, 6) is 1.58. The van der Waals surface area contributed by atoms with E-state index < -0.39 is 10.2 Å². The first-order chi connectivity index (χ1) is 8.99. The van der Waals surface area contributed by atoms with Crippen LogP contribution in [0.5, 0.6) is 0 Å². The molecule has 0 saturated heterocycles. The van der Waals surface area contributed by atoms with E-state index in [2.05, 4.69) is 0 Å². The molecule has 0 atom stereocenters. The lowest BCUT2D eigenvalue weighted by atomic mass is 9.98. The summed E-state index contributed by atoms with van der Waals surface area (Å²) in [6.07, 6.45) is 11.2. The Morgan fingerprint density at radius 1 is 0.737 bits per heavy atom. The molecule has 0 aromatic carbocycles. The van der Waals surface area contributed by atoms with E-state index in [1.165, 1.54) is 25.7 Å². The van der Waals surface area contributed by atoms with Gasteiger partial charge in [-0.2, -0.15) is 0 Å². The molecule has 4 aliphatic carbocycles. The maximum atomic E-state index is 8.26. The van der Waals surface area contributed by atoms with E-state index in [9.17, 15) is 0 Å². The normalized spacial score (nSPS) is 48.2. The van der Waals surface area contributed by atoms with Gasteiger partial charge in [-0.25, -0.2) is 9.56 Å². The molecule has 0 aliphatic heterocycles. The van der Waals surface area contributed by atoms with Crippen molar-refractivity contribution < 1.29 is 8.37 Å². The van der Waals surface area contributed by atoms with Crippen LogP contribution in [-0.4, -0.2) is 11.2 Å². The van der Waals surface area contributed by atoms with Crippen LogP contribution in [0.25, 0.3) is 0 Å². The molecule has 0 spiro atoms. The van der Waals surface area contributed by atoms with E-state index in [0.717, 1.165) is 50.4 Å². The van der Waals surface area contributed by atoms with Gasteiger partial charge in [-0.05, 0) is 76.0 Å². The van der Waals surface area contributed by atoms with Crippen molar-refractivity contribution in [2.75, 3.05) is 0 Å². The minimum absolute atomic E-state index is 0.170. The van der Waals surface area contributed by atoms with Crippen molar-refractivity contribution in [2.24, 2.45) is 11.8 Å². The Morgan fingerprint density at radius 3 is 1.37 bits per heavy atom. The predicted octanol–water partition coefficient (Wildman–Crippen LogP) is 4.19. The molecule has 0 aromatic rings. The average Bonchev–Trinajstić information content (AvgIpc) is 3.05. The molecule has 108 valence electrons. The van der Waals surface area contributed by atoms with Gasteiger partial charge >= 0.3 is 0 Å². The van der Waals surface area contributed by atoms with Crippen LogP contribution in [0.1, 0.15) is 64.2 Å². The van der Waals surface area contributed by atoms with Crippen molar-refractivity contribution in [3.05, 3.63) is 0 Å². The molecule has 4 aliphatic rings. The first-order valence-corrected chi connectivity index (χ1v) is 9.20. The van der Waals surface area contributed by atoms with Gasteiger partial charge < -0.3 is 0 Å². The van der Waals surface area contributed by atoms with E-state index >= 15 is 0 Å². The summed E-state index contributed by atoms with van der Waals surface area (Å²) in [7, 11) is -2.84. The highest BCUT2D eigenvalue weighted by atomic mass is 32.2. The number of rotatable bonds is 4. The average molecular weight is 284 g/mol. The van der Waals surface area contributed by atoms with Gasteiger partial charge in [-0.15, -0.1) is 0 Å². The molecule has 0 radical (unpaired) electrons. The second kappa shape index (κ2) is 3.95. The Balaban J connectivity index is 1.48. The highest BCUT2D eigenvalue weighted by molar-refractivity contribution is 7.84. The summed E-state index contributed by atoms with van der Waals surface area (Å²) in [5, 5.41) is 0. The van der Waals surface area contributed by atoms with Crippen LogP contribution in [-0.2, 0) is 18.5 Å². The van der Waals surface area contributed by atoms with Gasteiger partial charge in [0.1, 0.15) is 0 Å². The Bertz CT molecular complexity index is 434. The number of fused-ring (bicyclic) bond motifs is 4. The zero-order chi connectivity index (χ0) is 13.1. The molecule has 0 heterocycles. The maximum absolute atomic E-state index is 8.26. The van der Waals surface area contributed by atoms with E-state index in [0.29, 0.717) is 0 Å². The van der Waals surface area contributed by atoms with E-state index in [1.807, 2.05) is 0 Å². The zero-order valence-corrected chi connectivity index (χ0v) is 12.3. The van der Waals surface area contributed by atoms with Gasteiger partial charge in [0, 0.05) is 0 Å². The van der Waals surface area contributed by atoms with Gasteiger partial charge in [-0.1, -0.05) is 0 Å². The molecule has 4 rings (SSSR count). The summed E-state index contributed by atoms with van der Waals surface area (Å²) >= 11 is 0. The van der Waals surface area contributed by atoms with Gasteiger partial charge in [0.25, 0.3) is 0 Å². The van der Waals surface area contributed by atoms with E-state index in [-0.39, 0.29) is 11.2 Å². The quantitative estimate of drug-likeness (QED) is 0.812. The van der Waals surface area contributed by atoms with Gasteiger partial charge in [0.15, 0.2) is 10.2 Å². The lowest BCUT2D eigenvalue weighted by molar-refractivity contribution is 0.0352. The lowest BCUT2D eigenvalue weighted by Gasteiger charge is -2.33. The maximum Gasteiger partial charge on any atom is 0.177 e. The molecule has 0 unspecified atom stereocenters. The second-order valence-electron chi connectivity index (χ2n) is 7.33. The summed E-state index contributed by atoms with van der Waals surface area (Å²) in [6.45, 7) is 0. The minimum atomic E-state index is -2.84. The van der Waals surface area contributed by atoms with E-state index in [4.69, 9.17) is 17.9 Å². The Labute approximate surface area is 116 Å². The van der Waals surface area contributed by atoms with Crippen LogP contribution in [0.15, 0.2) is 0 Å². The summed E-state index contributed by atoms with van der Waals surface area (Å²) in [4.78, 5) is 0. The van der Waals surface area contributed by atoms with Crippen molar-refractivity contribution in [1.82, 2.24) is 0 Å². The smallest absolute Gasteiger partial charge is 0.177 e. The highest BCUT2D eigenvalue weighted by Gasteiger charge is 2.51. The van der Waals surface area contributed by atoms with Crippen LogP contribution in [0.3, 0.4) is 0 Å². The predicted molar refractivity (Wildman–Crippen MR) is 73.6 cm³/mol. The third-order valence-corrected chi connectivity index (χ3v) is 7.12. The molecule has 4 fully saturated rings. The van der Waals surface area contributed by atoms with Crippen molar-refractivity contribution in [3.63, 3.8) is 0 Å².